The van der Waals surface area contributed by atoms with E-state index in [1.54, 1.807) is 28.8 Å². The number of likely N-dealkylation sites (tertiary alicyclic amines) is 1. The Kier molecular flexibility index (Phi) is 8.59. The number of carbonyl (C=O) groups is 3. The fourth-order valence-corrected chi connectivity index (χ4v) is 5.36. The second kappa shape index (κ2) is 11.8. The molecule has 0 aromatic heterocycles. The van der Waals surface area contributed by atoms with Gasteiger partial charge in [0.25, 0.3) is 0 Å². The molecule has 1 aliphatic rings. The van der Waals surface area contributed by atoms with Gasteiger partial charge < -0.3 is 19.5 Å². The molecule has 2 atom stereocenters. The Hall–Kier alpha value is -3.78. The lowest BCUT2D eigenvalue weighted by atomic mass is 9.82. The number of amides is 1. The third-order valence-electron chi connectivity index (χ3n) is 7.30. The van der Waals surface area contributed by atoms with Crippen molar-refractivity contribution in [1.29, 1.82) is 0 Å². The van der Waals surface area contributed by atoms with Crippen molar-refractivity contribution in [1.82, 2.24) is 4.90 Å². The van der Waals surface area contributed by atoms with E-state index in [9.17, 15) is 19.5 Å². The van der Waals surface area contributed by atoms with Gasteiger partial charge in [0.05, 0.1) is 0 Å². The molecule has 1 fully saturated rings. The molecule has 0 spiro atoms. The highest BCUT2D eigenvalue weighted by Crippen LogP contribution is 2.39. The topological polar surface area (TPSA) is 93.1 Å². The number of ketones is 1. The molecule has 0 aliphatic carbocycles. The first kappa shape index (κ1) is 29.2. The standard InChI is InChI=1S/C32H35NO6S/c1-19-7-11-24(12-8-19)38-31(37)33-17-26(27(18-33)28(34)22-9-13-25(40-6)14-10-22)23-15-20(2)29(21(3)16-23)39-32(4,5)30(35)36/h7-16,26-27H,17-18H2,1-6H3,(H,35,36)/t26-,27?/m0/s1. The Morgan fingerprint density at radius 2 is 1.52 bits per heavy atom. The van der Waals surface area contributed by atoms with E-state index in [-0.39, 0.29) is 18.2 Å². The number of aliphatic carboxylic acids is 1. The van der Waals surface area contributed by atoms with Gasteiger partial charge in [0.15, 0.2) is 11.4 Å². The van der Waals surface area contributed by atoms with Gasteiger partial charge in [0, 0.05) is 35.4 Å². The van der Waals surface area contributed by atoms with Gasteiger partial charge in [-0.1, -0.05) is 42.0 Å². The lowest BCUT2D eigenvalue weighted by molar-refractivity contribution is -0.152. The molecule has 3 aromatic rings. The van der Waals surface area contributed by atoms with E-state index in [0.717, 1.165) is 27.1 Å². The van der Waals surface area contributed by atoms with Crippen molar-refractivity contribution in [2.45, 2.75) is 51.0 Å². The highest BCUT2D eigenvalue weighted by molar-refractivity contribution is 7.98. The van der Waals surface area contributed by atoms with Crippen LogP contribution in [0.5, 0.6) is 11.5 Å². The van der Waals surface area contributed by atoms with E-state index in [2.05, 4.69) is 0 Å². The molecule has 0 saturated carbocycles. The van der Waals surface area contributed by atoms with Gasteiger partial charge in [-0.05, 0) is 81.8 Å². The van der Waals surface area contributed by atoms with E-state index >= 15 is 0 Å². The number of nitrogens with zero attached hydrogens (tertiary/aromatic N) is 1. The normalized spacial score (nSPS) is 17.0. The Labute approximate surface area is 239 Å². The number of aryl methyl sites for hydroxylation is 3. The number of carboxylic acids is 1. The average molecular weight is 562 g/mol. The molecule has 0 bridgehead atoms. The van der Waals surface area contributed by atoms with E-state index in [0.29, 0.717) is 23.6 Å². The minimum atomic E-state index is -1.40. The summed E-state index contributed by atoms with van der Waals surface area (Å²) in [5, 5.41) is 9.54. The number of rotatable bonds is 8. The molecule has 210 valence electrons. The highest BCUT2D eigenvalue weighted by atomic mass is 32.2. The maximum atomic E-state index is 13.8. The number of carbonyl (C=O) groups excluding carboxylic acids is 2. The summed E-state index contributed by atoms with van der Waals surface area (Å²) in [7, 11) is 0. The van der Waals surface area contributed by atoms with Crippen molar-refractivity contribution in [3.8, 4) is 11.5 Å². The monoisotopic (exact) mass is 561 g/mol. The zero-order chi connectivity index (χ0) is 29.2. The van der Waals surface area contributed by atoms with Crippen LogP contribution >= 0.6 is 11.8 Å². The van der Waals surface area contributed by atoms with E-state index in [4.69, 9.17) is 9.47 Å². The minimum Gasteiger partial charge on any atom is -0.478 e. The predicted octanol–water partition coefficient (Wildman–Crippen LogP) is 6.67. The lowest BCUT2D eigenvalue weighted by Crippen LogP contribution is -2.38. The van der Waals surface area contributed by atoms with Gasteiger partial charge in [-0.3, -0.25) is 4.79 Å². The molecule has 40 heavy (non-hydrogen) atoms. The van der Waals surface area contributed by atoms with Crippen LogP contribution in [0.15, 0.2) is 65.6 Å². The van der Waals surface area contributed by atoms with Crippen molar-refractivity contribution < 1.29 is 29.0 Å². The van der Waals surface area contributed by atoms with Crippen molar-refractivity contribution in [3.05, 3.63) is 88.5 Å². The van der Waals surface area contributed by atoms with Crippen LogP contribution in [0.2, 0.25) is 0 Å². The predicted molar refractivity (Wildman–Crippen MR) is 156 cm³/mol. The number of ether oxygens (including phenoxy) is 2. The lowest BCUT2D eigenvalue weighted by Gasteiger charge is -2.26. The first-order valence-electron chi connectivity index (χ1n) is 13.1. The van der Waals surface area contributed by atoms with Crippen LogP contribution in [0.4, 0.5) is 4.79 Å². The molecule has 1 amide bonds. The van der Waals surface area contributed by atoms with Gasteiger partial charge in [-0.25, -0.2) is 9.59 Å². The highest BCUT2D eigenvalue weighted by Gasteiger charge is 2.42. The maximum absolute atomic E-state index is 13.8. The minimum absolute atomic E-state index is 0.0362. The van der Waals surface area contributed by atoms with Gasteiger partial charge in [0.2, 0.25) is 0 Å². The van der Waals surface area contributed by atoms with Gasteiger partial charge in [-0.15, -0.1) is 11.8 Å². The van der Waals surface area contributed by atoms with Crippen LogP contribution in [0.1, 0.15) is 52.4 Å². The average Bonchev–Trinajstić information content (AvgIpc) is 3.37. The molecular formula is C32H35NO6S. The third kappa shape index (κ3) is 6.33. The first-order valence-corrected chi connectivity index (χ1v) is 14.4. The van der Waals surface area contributed by atoms with Crippen LogP contribution in [0.3, 0.4) is 0 Å². The number of benzene rings is 3. The molecule has 4 rings (SSSR count). The van der Waals surface area contributed by atoms with Crippen molar-refractivity contribution in [3.63, 3.8) is 0 Å². The summed E-state index contributed by atoms with van der Waals surface area (Å²) >= 11 is 1.61. The van der Waals surface area contributed by atoms with Crippen LogP contribution < -0.4 is 9.47 Å². The fourth-order valence-electron chi connectivity index (χ4n) is 4.95. The van der Waals surface area contributed by atoms with Gasteiger partial charge >= 0.3 is 12.1 Å². The van der Waals surface area contributed by atoms with E-state index in [1.165, 1.54) is 13.8 Å². The molecule has 1 aliphatic heterocycles. The molecular weight excluding hydrogens is 526 g/mol. The largest absolute Gasteiger partial charge is 0.478 e. The van der Waals surface area contributed by atoms with Gasteiger partial charge in [-0.2, -0.15) is 0 Å². The molecule has 8 heteroatoms. The molecule has 3 aromatic carbocycles. The maximum Gasteiger partial charge on any atom is 0.415 e. The van der Waals surface area contributed by atoms with Crippen molar-refractivity contribution in [2.24, 2.45) is 5.92 Å². The SMILES string of the molecule is CSc1ccc(C(=O)C2CN(C(=O)Oc3ccc(C)cc3)C[C@H]2c2cc(C)c(OC(C)(C)C(=O)O)c(C)c2)cc1. The molecule has 1 unspecified atom stereocenters. The Morgan fingerprint density at radius 3 is 2.08 bits per heavy atom. The zero-order valence-corrected chi connectivity index (χ0v) is 24.5. The number of hydrogen-bond donors (Lipinski definition) is 1. The third-order valence-corrected chi connectivity index (χ3v) is 8.04. The fraction of sp³-hybridized carbons (Fsp3) is 0.344. The smallest absolute Gasteiger partial charge is 0.415 e. The second-order valence-corrected chi connectivity index (χ2v) is 11.7. The number of Topliss-reactive ketones (excluding diaryl/α,β-unsaturated/α-hetero) is 1. The number of carboxylic acid groups (broad SMARTS) is 1. The van der Waals surface area contributed by atoms with Crippen LogP contribution in [0, 0.1) is 26.7 Å². The summed E-state index contributed by atoms with van der Waals surface area (Å²) in [6, 6.07) is 18.6. The Morgan fingerprint density at radius 1 is 0.925 bits per heavy atom. The number of hydrogen-bond acceptors (Lipinski definition) is 6. The quantitative estimate of drug-likeness (QED) is 0.242. The van der Waals surface area contributed by atoms with Crippen LogP contribution in [-0.2, 0) is 4.79 Å². The Balaban J connectivity index is 1.66. The van der Waals surface area contributed by atoms with Crippen molar-refractivity contribution in [2.75, 3.05) is 19.3 Å². The first-order chi connectivity index (χ1) is 18.9. The van der Waals surface area contributed by atoms with Crippen LogP contribution in [0.25, 0.3) is 0 Å². The summed E-state index contributed by atoms with van der Waals surface area (Å²) in [6.45, 7) is 9.23. The van der Waals surface area contributed by atoms with E-state index < -0.39 is 23.6 Å². The second-order valence-electron chi connectivity index (χ2n) is 10.8. The summed E-state index contributed by atoms with van der Waals surface area (Å²) in [4.78, 5) is 41.3. The van der Waals surface area contributed by atoms with Gasteiger partial charge in [0.1, 0.15) is 11.5 Å². The zero-order valence-electron chi connectivity index (χ0n) is 23.7. The summed E-state index contributed by atoms with van der Waals surface area (Å²) in [5.41, 5.74) is 2.67. The summed E-state index contributed by atoms with van der Waals surface area (Å²) in [6.07, 6.45) is 1.48. The molecule has 0 radical (unpaired) electrons. The molecule has 1 saturated heterocycles. The molecule has 7 nitrogen and oxygen atoms in total. The summed E-state index contributed by atoms with van der Waals surface area (Å²) in [5.74, 6) is -0.911. The van der Waals surface area contributed by atoms with Crippen molar-refractivity contribution >= 4 is 29.6 Å². The van der Waals surface area contributed by atoms with Crippen LogP contribution in [-0.4, -0.2) is 52.8 Å². The summed E-state index contributed by atoms with van der Waals surface area (Å²) < 4.78 is 11.5. The number of thioether (sulfide) groups is 1. The Bertz CT molecular complexity index is 1390. The molecule has 1 heterocycles. The molecule has 1 N–H and O–H groups in total. The van der Waals surface area contributed by atoms with E-state index in [1.807, 2.05) is 75.6 Å².